The molecule has 2 heterocycles. The summed E-state index contributed by atoms with van der Waals surface area (Å²) in [5.41, 5.74) is 4.68. The summed E-state index contributed by atoms with van der Waals surface area (Å²) in [5, 5.41) is 0. The van der Waals surface area contributed by atoms with Crippen molar-refractivity contribution in [2.45, 2.75) is 71.8 Å². The lowest BCUT2D eigenvalue weighted by Gasteiger charge is -2.57. The van der Waals surface area contributed by atoms with Gasteiger partial charge in [0.15, 0.2) is 0 Å². The van der Waals surface area contributed by atoms with Crippen LogP contribution in [0.3, 0.4) is 0 Å². The van der Waals surface area contributed by atoms with E-state index in [-0.39, 0.29) is 22.9 Å². The van der Waals surface area contributed by atoms with Crippen LogP contribution in [0.15, 0.2) is 40.8 Å². The van der Waals surface area contributed by atoms with E-state index in [0.717, 1.165) is 43.9 Å². The Labute approximate surface area is 183 Å². The number of fused-ring (bicyclic) bond motifs is 6. The fourth-order valence-electron chi connectivity index (χ4n) is 7.85. The Kier molecular flexibility index (Phi) is 4.13. The molecule has 0 unspecified atom stereocenters. The fourth-order valence-corrected chi connectivity index (χ4v) is 7.85. The molecule has 0 N–H and O–H groups in total. The predicted molar refractivity (Wildman–Crippen MR) is 118 cm³/mol. The molecule has 4 aliphatic carbocycles. The first-order valence-corrected chi connectivity index (χ1v) is 11.9. The molecular formula is C26H32N2O3. The molecule has 0 bridgehead atoms. The largest absolute Gasteiger partial charge is 0.462 e. The van der Waals surface area contributed by atoms with Crippen LogP contribution in [-0.2, 0) is 9.53 Å². The molecule has 2 aromatic rings. The van der Waals surface area contributed by atoms with Crippen LogP contribution in [0.1, 0.15) is 71.4 Å². The molecule has 0 saturated heterocycles. The molecule has 5 heteroatoms. The number of imidazole rings is 1. The molecule has 0 radical (unpaired) electrons. The number of hydrogen-bond donors (Lipinski definition) is 0. The predicted octanol–water partition coefficient (Wildman–Crippen LogP) is 5.82. The van der Waals surface area contributed by atoms with Crippen molar-refractivity contribution in [3.63, 3.8) is 0 Å². The smallest absolute Gasteiger partial charge is 0.306 e. The van der Waals surface area contributed by atoms with Gasteiger partial charge in [0.05, 0.1) is 11.9 Å². The van der Waals surface area contributed by atoms with Crippen LogP contribution in [0.25, 0.3) is 11.4 Å². The molecule has 2 fully saturated rings. The second kappa shape index (κ2) is 6.60. The Hall–Kier alpha value is -2.30. The topological polar surface area (TPSA) is 56.7 Å². The monoisotopic (exact) mass is 420 g/mol. The van der Waals surface area contributed by atoms with E-state index < -0.39 is 0 Å². The van der Waals surface area contributed by atoms with Gasteiger partial charge in [-0.05, 0) is 72.7 Å². The number of aromatic nitrogens is 2. The minimum absolute atomic E-state index is 0.0706. The van der Waals surface area contributed by atoms with Crippen molar-refractivity contribution in [2.75, 3.05) is 0 Å². The summed E-state index contributed by atoms with van der Waals surface area (Å²) in [6, 6.07) is 0. The highest BCUT2D eigenvalue weighted by Crippen LogP contribution is 2.66. The van der Waals surface area contributed by atoms with Crippen LogP contribution >= 0.6 is 0 Å². The maximum atomic E-state index is 11.5. The molecule has 4 aliphatic rings. The lowest BCUT2D eigenvalue weighted by Crippen LogP contribution is -2.50. The number of esters is 1. The molecule has 6 rings (SSSR count). The van der Waals surface area contributed by atoms with Gasteiger partial charge >= 0.3 is 11.8 Å². The molecule has 0 aromatic carbocycles. The third-order valence-corrected chi connectivity index (χ3v) is 9.39. The third kappa shape index (κ3) is 2.68. The molecule has 2 saturated carbocycles. The van der Waals surface area contributed by atoms with Gasteiger partial charge in [-0.3, -0.25) is 9.20 Å². The first kappa shape index (κ1) is 19.4. The normalized spacial score (nSPS) is 39.3. The average Bonchev–Trinajstić information content (AvgIpc) is 3.42. The quantitative estimate of drug-likeness (QED) is 0.454. The molecule has 5 nitrogen and oxygen atoms in total. The Bertz CT molecular complexity index is 1110. The van der Waals surface area contributed by atoms with Gasteiger partial charge in [-0.1, -0.05) is 31.6 Å². The van der Waals surface area contributed by atoms with E-state index in [0.29, 0.717) is 11.8 Å². The highest BCUT2D eigenvalue weighted by atomic mass is 16.5. The third-order valence-electron chi connectivity index (χ3n) is 9.39. The zero-order valence-corrected chi connectivity index (χ0v) is 18.8. The van der Waals surface area contributed by atoms with E-state index in [1.165, 1.54) is 31.0 Å². The fraction of sp³-hybridized carbons (Fsp3) is 0.615. The molecule has 0 amide bonds. The molecule has 31 heavy (non-hydrogen) atoms. The SMILES string of the molecule is CC(=O)O[C@H]1CC[C@@]2(C)C(=CC[C@@H]3[C@@H]2CC[C@]2(C)C(c4cnc5occn45)=CC[C@@H]32)C1. The lowest BCUT2D eigenvalue weighted by molar-refractivity contribution is -0.148. The number of oxazole rings is 1. The molecule has 0 spiro atoms. The van der Waals surface area contributed by atoms with Gasteiger partial charge in [-0.2, -0.15) is 0 Å². The summed E-state index contributed by atoms with van der Waals surface area (Å²) >= 11 is 0. The standard InChI is InChI=1S/C26H32N2O3/c1-16(29)31-18-8-10-25(2)17(14-18)4-5-19-20-6-7-22(26(20,3)11-9-21(19)25)23-15-27-24-28(23)12-13-30-24/h4,7,12-13,15,18-21H,5-6,8-11,14H2,1-3H3/t18-,19-,20-,21-,25-,26-/m0/s1. The van der Waals surface area contributed by atoms with Crippen LogP contribution in [0.4, 0.5) is 0 Å². The maximum Gasteiger partial charge on any atom is 0.306 e. The van der Waals surface area contributed by atoms with Gasteiger partial charge in [-0.25, -0.2) is 4.98 Å². The molecule has 6 atom stereocenters. The minimum atomic E-state index is -0.146. The van der Waals surface area contributed by atoms with Crippen molar-refractivity contribution < 1.29 is 13.9 Å². The molecule has 164 valence electrons. The van der Waals surface area contributed by atoms with Gasteiger partial charge in [0, 0.05) is 19.5 Å². The summed E-state index contributed by atoms with van der Waals surface area (Å²) in [7, 11) is 0. The summed E-state index contributed by atoms with van der Waals surface area (Å²) in [4.78, 5) is 15.9. The zero-order chi connectivity index (χ0) is 21.4. The number of carbonyl (C=O) groups excluding carboxylic acids is 1. The second-order valence-corrected chi connectivity index (χ2v) is 10.7. The number of hydrogen-bond acceptors (Lipinski definition) is 4. The molecule has 0 aliphatic heterocycles. The summed E-state index contributed by atoms with van der Waals surface area (Å²) in [6.45, 7) is 6.52. The lowest BCUT2D eigenvalue weighted by atomic mass is 9.47. The van der Waals surface area contributed by atoms with E-state index in [4.69, 9.17) is 9.15 Å². The van der Waals surface area contributed by atoms with Crippen molar-refractivity contribution in [2.24, 2.45) is 28.6 Å². The first-order valence-electron chi connectivity index (χ1n) is 11.9. The Morgan fingerprint density at radius 2 is 2.00 bits per heavy atom. The van der Waals surface area contributed by atoms with Crippen molar-refractivity contribution in [3.05, 3.63) is 42.1 Å². The minimum Gasteiger partial charge on any atom is -0.462 e. The van der Waals surface area contributed by atoms with E-state index >= 15 is 0 Å². The first-order chi connectivity index (χ1) is 14.9. The van der Waals surface area contributed by atoms with Crippen molar-refractivity contribution >= 4 is 17.4 Å². The maximum absolute atomic E-state index is 11.5. The Morgan fingerprint density at radius 1 is 1.16 bits per heavy atom. The number of ether oxygens (including phenoxy) is 1. The highest BCUT2D eigenvalue weighted by Gasteiger charge is 2.57. The molecular weight excluding hydrogens is 388 g/mol. The summed E-state index contributed by atoms with van der Waals surface area (Å²) in [6.07, 6.45) is 18.7. The van der Waals surface area contributed by atoms with Gasteiger partial charge in [0.2, 0.25) is 0 Å². The zero-order valence-electron chi connectivity index (χ0n) is 18.8. The van der Waals surface area contributed by atoms with Crippen molar-refractivity contribution in [1.29, 1.82) is 0 Å². The van der Waals surface area contributed by atoms with Crippen molar-refractivity contribution in [1.82, 2.24) is 9.38 Å². The summed E-state index contributed by atoms with van der Waals surface area (Å²) in [5.74, 6) is 2.67. The van der Waals surface area contributed by atoms with Gasteiger partial charge in [0.25, 0.3) is 0 Å². The number of carbonyl (C=O) groups is 1. The van der Waals surface area contributed by atoms with Crippen LogP contribution in [0.5, 0.6) is 0 Å². The Morgan fingerprint density at radius 3 is 2.84 bits per heavy atom. The van der Waals surface area contributed by atoms with E-state index in [1.807, 2.05) is 12.4 Å². The van der Waals surface area contributed by atoms with Gasteiger partial charge in [-0.15, -0.1) is 0 Å². The summed E-state index contributed by atoms with van der Waals surface area (Å²) < 4.78 is 13.2. The van der Waals surface area contributed by atoms with Crippen LogP contribution in [-0.4, -0.2) is 21.5 Å². The average molecular weight is 421 g/mol. The van der Waals surface area contributed by atoms with E-state index in [9.17, 15) is 4.79 Å². The highest BCUT2D eigenvalue weighted by molar-refractivity contribution is 5.72. The van der Waals surface area contributed by atoms with E-state index in [1.54, 1.807) is 11.8 Å². The Balaban J connectivity index is 1.29. The van der Waals surface area contributed by atoms with Gasteiger partial charge in [0.1, 0.15) is 12.4 Å². The second-order valence-electron chi connectivity index (χ2n) is 10.7. The van der Waals surface area contributed by atoms with Crippen LogP contribution in [0, 0.1) is 28.6 Å². The van der Waals surface area contributed by atoms with Gasteiger partial charge < -0.3 is 9.15 Å². The number of allylic oxidation sites excluding steroid dienone is 3. The number of nitrogens with zero attached hydrogens (tertiary/aromatic N) is 2. The van der Waals surface area contributed by atoms with Crippen LogP contribution in [0.2, 0.25) is 0 Å². The van der Waals surface area contributed by atoms with E-state index in [2.05, 4.69) is 35.4 Å². The van der Waals surface area contributed by atoms with Crippen LogP contribution < -0.4 is 0 Å². The van der Waals surface area contributed by atoms with Crippen molar-refractivity contribution in [3.8, 4) is 0 Å². The number of rotatable bonds is 2. The molecule has 2 aromatic heterocycles.